The van der Waals surface area contributed by atoms with E-state index in [0.717, 1.165) is 6.42 Å². The third-order valence-corrected chi connectivity index (χ3v) is 6.30. The van der Waals surface area contributed by atoms with Crippen LogP contribution in [0.15, 0.2) is 42.4 Å². The van der Waals surface area contributed by atoms with E-state index in [1.165, 1.54) is 30.5 Å². The minimum atomic E-state index is -3.99. The van der Waals surface area contributed by atoms with E-state index in [1.54, 1.807) is 0 Å². The van der Waals surface area contributed by atoms with E-state index in [9.17, 15) is 22.0 Å². The maximum absolute atomic E-state index is 13.5. The lowest BCUT2D eigenvalue weighted by Gasteiger charge is -2.60. The van der Waals surface area contributed by atoms with Crippen LogP contribution in [0, 0.1) is 5.82 Å². The number of hydrogen-bond donors (Lipinski definition) is 1. The highest BCUT2D eigenvalue weighted by molar-refractivity contribution is 7.92. The number of benzene rings is 1. The summed E-state index contributed by atoms with van der Waals surface area (Å²) in [4.78, 5) is 22.9. The highest BCUT2D eigenvalue weighted by Crippen LogP contribution is 2.51. The van der Waals surface area contributed by atoms with Crippen molar-refractivity contribution in [2.75, 3.05) is 11.4 Å². The largest absolute Gasteiger partial charge is 0.349 e. The fourth-order valence-corrected chi connectivity index (χ4v) is 4.22. The van der Waals surface area contributed by atoms with Crippen LogP contribution >= 0.6 is 0 Å². The Morgan fingerprint density at radius 3 is 2.55 bits per heavy atom. The number of aromatic nitrogens is 2. The Balaban J connectivity index is 1.74. The second-order valence-electron chi connectivity index (χ2n) is 7.21. The first-order valence-electron chi connectivity index (χ1n) is 8.97. The van der Waals surface area contributed by atoms with Crippen LogP contribution < -0.4 is 9.62 Å². The standard InChI is InChI=1S/C19H18F2N4O3S/c1-2-29(27,28)24-18(26)15-11-22-17(25-8-7-19(25)9-14(21)10-19)16(23-15)12-3-5-13(20)6-4-12/h2-6,11,14H,1,7-10H2,(H,24,26). The van der Waals surface area contributed by atoms with Crippen LogP contribution in [0.25, 0.3) is 11.3 Å². The van der Waals surface area contributed by atoms with Crippen molar-refractivity contribution in [2.24, 2.45) is 0 Å². The molecular weight excluding hydrogens is 402 g/mol. The summed E-state index contributed by atoms with van der Waals surface area (Å²) in [5.41, 5.74) is 0.284. The zero-order chi connectivity index (χ0) is 20.8. The topological polar surface area (TPSA) is 92.3 Å². The average molecular weight is 420 g/mol. The molecule has 1 aromatic heterocycles. The molecule has 1 N–H and O–H groups in total. The lowest BCUT2D eigenvalue weighted by atomic mass is 9.66. The summed E-state index contributed by atoms with van der Waals surface area (Å²) in [6.07, 6.45) is 1.95. The molecule has 1 aliphatic carbocycles. The highest BCUT2D eigenvalue weighted by atomic mass is 32.2. The van der Waals surface area contributed by atoms with Gasteiger partial charge in [-0.15, -0.1) is 0 Å². The minimum Gasteiger partial charge on any atom is -0.349 e. The van der Waals surface area contributed by atoms with Gasteiger partial charge in [-0.1, -0.05) is 6.58 Å². The molecule has 10 heteroatoms. The monoisotopic (exact) mass is 420 g/mol. The molecule has 2 heterocycles. The average Bonchev–Trinajstić information content (AvgIpc) is 2.65. The molecular formula is C19H18F2N4O3S. The van der Waals surface area contributed by atoms with Crippen molar-refractivity contribution in [2.45, 2.75) is 31.0 Å². The Hall–Kier alpha value is -2.88. The zero-order valence-electron chi connectivity index (χ0n) is 15.3. The van der Waals surface area contributed by atoms with Crippen LogP contribution in [-0.2, 0) is 10.0 Å². The van der Waals surface area contributed by atoms with E-state index in [1.807, 2.05) is 9.62 Å². The first kappa shape index (κ1) is 19.4. The molecule has 1 aliphatic heterocycles. The number of halogens is 2. The summed E-state index contributed by atoms with van der Waals surface area (Å²) in [5.74, 6) is -0.940. The molecule has 1 aromatic carbocycles. The Bertz CT molecular complexity index is 1080. The maximum atomic E-state index is 13.5. The number of hydrogen-bond acceptors (Lipinski definition) is 6. The predicted octanol–water partition coefficient (Wildman–Crippen LogP) is 2.57. The number of rotatable bonds is 5. The summed E-state index contributed by atoms with van der Waals surface area (Å²) in [7, 11) is -3.99. The lowest BCUT2D eigenvalue weighted by molar-refractivity contribution is 0.0484. The first-order valence-corrected chi connectivity index (χ1v) is 10.5. The van der Waals surface area contributed by atoms with Crippen LogP contribution in [0.4, 0.5) is 14.6 Å². The lowest BCUT2D eigenvalue weighted by Crippen LogP contribution is -2.68. The van der Waals surface area contributed by atoms with Crippen LogP contribution in [0.2, 0.25) is 0 Å². The molecule has 2 aliphatic rings. The molecule has 2 fully saturated rings. The SMILES string of the molecule is C=CS(=O)(=O)NC(=O)c1cnc(N2CCC23CC(F)C3)c(-c2ccc(F)cc2)n1. The minimum absolute atomic E-state index is 0.218. The van der Waals surface area contributed by atoms with Gasteiger partial charge in [0, 0.05) is 35.9 Å². The third-order valence-electron chi connectivity index (χ3n) is 5.39. The highest BCUT2D eigenvalue weighted by Gasteiger charge is 2.55. The number of alkyl halides is 1. The summed E-state index contributed by atoms with van der Waals surface area (Å²) >= 11 is 0. The van der Waals surface area contributed by atoms with Gasteiger partial charge >= 0.3 is 0 Å². The van der Waals surface area contributed by atoms with Gasteiger partial charge in [0.05, 0.1) is 6.20 Å². The molecule has 1 amide bonds. The number of nitrogens with one attached hydrogen (secondary N) is 1. The van der Waals surface area contributed by atoms with Crippen molar-refractivity contribution in [1.29, 1.82) is 0 Å². The van der Waals surface area contributed by atoms with Crippen molar-refractivity contribution >= 4 is 21.7 Å². The molecule has 1 spiro atoms. The quantitative estimate of drug-likeness (QED) is 0.799. The van der Waals surface area contributed by atoms with Gasteiger partial charge in [-0.05, 0) is 30.7 Å². The Morgan fingerprint density at radius 1 is 1.31 bits per heavy atom. The number of nitrogens with zero attached hydrogens (tertiary/aromatic N) is 3. The van der Waals surface area contributed by atoms with E-state index in [4.69, 9.17) is 0 Å². The molecule has 1 saturated carbocycles. The van der Waals surface area contributed by atoms with Gasteiger partial charge in [-0.2, -0.15) is 0 Å². The number of carbonyl (C=O) groups is 1. The van der Waals surface area contributed by atoms with Crippen LogP contribution in [-0.4, -0.2) is 42.5 Å². The molecule has 152 valence electrons. The van der Waals surface area contributed by atoms with Gasteiger partial charge < -0.3 is 4.90 Å². The summed E-state index contributed by atoms with van der Waals surface area (Å²) in [5, 5.41) is 0.612. The van der Waals surface area contributed by atoms with Crippen molar-refractivity contribution in [1.82, 2.24) is 14.7 Å². The number of amides is 1. The van der Waals surface area contributed by atoms with E-state index in [2.05, 4.69) is 16.5 Å². The van der Waals surface area contributed by atoms with Crippen LogP contribution in [0.1, 0.15) is 29.8 Å². The van der Waals surface area contributed by atoms with Gasteiger partial charge in [-0.25, -0.2) is 31.9 Å². The maximum Gasteiger partial charge on any atom is 0.285 e. The van der Waals surface area contributed by atoms with Gasteiger partial charge in [-0.3, -0.25) is 4.79 Å². The van der Waals surface area contributed by atoms with Gasteiger partial charge in [0.15, 0.2) is 5.82 Å². The summed E-state index contributed by atoms with van der Waals surface area (Å²) in [6.45, 7) is 3.79. The third kappa shape index (κ3) is 3.48. The fourth-order valence-electron chi connectivity index (χ4n) is 3.77. The molecule has 1 saturated heterocycles. The molecule has 0 atom stereocenters. The van der Waals surface area contributed by atoms with Crippen molar-refractivity contribution in [3.63, 3.8) is 0 Å². The predicted molar refractivity (Wildman–Crippen MR) is 103 cm³/mol. The van der Waals surface area contributed by atoms with Crippen molar-refractivity contribution in [3.05, 3.63) is 54.0 Å². The zero-order valence-corrected chi connectivity index (χ0v) is 16.1. The molecule has 0 unspecified atom stereocenters. The molecule has 0 radical (unpaired) electrons. The van der Waals surface area contributed by atoms with E-state index < -0.39 is 27.9 Å². The smallest absolute Gasteiger partial charge is 0.285 e. The molecule has 0 bridgehead atoms. The number of sulfonamides is 1. The van der Waals surface area contributed by atoms with Gasteiger partial charge in [0.1, 0.15) is 23.4 Å². The second kappa shape index (κ2) is 6.87. The van der Waals surface area contributed by atoms with Crippen molar-refractivity contribution < 1.29 is 22.0 Å². The molecule has 4 rings (SSSR count). The number of anilines is 1. The van der Waals surface area contributed by atoms with Gasteiger partial charge in [0.25, 0.3) is 15.9 Å². The van der Waals surface area contributed by atoms with Crippen molar-refractivity contribution in [3.8, 4) is 11.3 Å². The van der Waals surface area contributed by atoms with E-state index in [-0.39, 0.29) is 11.2 Å². The molecule has 7 nitrogen and oxygen atoms in total. The van der Waals surface area contributed by atoms with Gasteiger partial charge in [0.2, 0.25) is 0 Å². The Kier molecular flexibility index (Phi) is 4.60. The number of carbonyl (C=O) groups excluding carboxylic acids is 1. The van der Waals surface area contributed by atoms with Crippen LogP contribution in [0.3, 0.4) is 0 Å². The van der Waals surface area contributed by atoms with E-state index >= 15 is 0 Å². The Morgan fingerprint density at radius 2 is 2.00 bits per heavy atom. The summed E-state index contributed by atoms with van der Waals surface area (Å²) < 4.78 is 51.9. The summed E-state index contributed by atoms with van der Waals surface area (Å²) in [6, 6.07) is 5.50. The second-order valence-corrected chi connectivity index (χ2v) is 8.84. The Labute approximate surface area is 166 Å². The first-order chi connectivity index (χ1) is 13.7. The van der Waals surface area contributed by atoms with E-state index in [0.29, 0.717) is 41.9 Å². The molecule has 29 heavy (non-hydrogen) atoms. The fraction of sp³-hybridized carbons (Fsp3) is 0.316. The molecule has 2 aromatic rings. The normalized spacial score (nSPS) is 23.2. The van der Waals surface area contributed by atoms with Crippen LogP contribution in [0.5, 0.6) is 0 Å².